The Hall–Kier alpha value is -2.27. The first-order valence-corrected chi connectivity index (χ1v) is 7.55. The maximum Gasteiger partial charge on any atom is 0.416 e. The Kier molecular flexibility index (Phi) is 5.76. The molecule has 0 unspecified atom stereocenters. The van der Waals surface area contributed by atoms with E-state index >= 15 is 0 Å². The van der Waals surface area contributed by atoms with Gasteiger partial charge in [-0.15, -0.1) is 0 Å². The van der Waals surface area contributed by atoms with E-state index in [1.807, 2.05) is 5.32 Å². The first kappa shape index (κ1) is 21.0. The van der Waals surface area contributed by atoms with Gasteiger partial charge in [0.15, 0.2) is 0 Å². The molecule has 0 saturated carbocycles. The quantitative estimate of drug-likeness (QED) is 0.736. The third-order valence-electron chi connectivity index (χ3n) is 3.11. The van der Waals surface area contributed by atoms with Crippen molar-refractivity contribution in [1.82, 2.24) is 9.78 Å². The Morgan fingerprint density at radius 2 is 1.56 bits per heavy atom. The highest BCUT2D eigenvalue weighted by Crippen LogP contribution is 2.37. The van der Waals surface area contributed by atoms with Crippen LogP contribution in [-0.4, -0.2) is 15.7 Å². The molecule has 1 aromatic heterocycles. The number of alkyl halides is 6. The molecule has 0 aliphatic carbocycles. The van der Waals surface area contributed by atoms with Crippen LogP contribution in [0.1, 0.15) is 11.1 Å². The van der Waals surface area contributed by atoms with E-state index in [2.05, 4.69) is 5.10 Å². The molecule has 0 aliphatic rings. The summed E-state index contributed by atoms with van der Waals surface area (Å²) < 4.78 is 77.3. The highest BCUT2D eigenvalue weighted by molar-refractivity contribution is 6.41. The summed E-state index contributed by atoms with van der Waals surface area (Å²) in [5, 5.41) is 4.73. The third-order valence-corrected chi connectivity index (χ3v) is 3.86. The molecule has 0 fully saturated rings. The van der Waals surface area contributed by atoms with Crippen molar-refractivity contribution in [3.8, 4) is 0 Å². The normalized spacial score (nSPS) is 12.1. The van der Waals surface area contributed by atoms with E-state index in [0.717, 1.165) is 6.20 Å². The van der Waals surface area contributed by atoms with Crippen LogP contribution >= 0.6 is 23.2 Å². The largest absolute Gasteiger partial charge is 0.416 e. The summed E-state index contributed by atoms with van der Waals surface area (Å²) in [5.74, 6) is -1.10. The van der Waals surface area contributed by atoms with Gasteiger partial charge in [-0.2, -0.15) is 31.4 Å². The number of amides is 1. The van der Waals surface area contributed by atoms with Crippen LogP contribution in [0, 0.1) is 0 Å². The summed E-state index contributed by atoms with van der Waals surface area (Å²) in [6.07, 6.45) is -9.18. The van der Waals surface area contributed by atoms with E-state index in [4.69, 9.17) is 23.2 Å². The molecule has 27 heavy (non-hydrogen) atoms. The molecule has 0 saturated heterocycles. The highest BCUT2D eigenvalue weighted by atomic mass is 35.5. The summed E-state index contributed by atoms with van der Waals surface area (Å²) in [5.41, 5.74) is -4.91. The zero-order valence-corrected chi connectivity index (χ0v) is 14.3. The molecule has 2 rings (SSSR count). The second kappa shape index (κ2) is 7.39. The average molecular weight is 434 g/mol. The van der Waals surface area contributed by atoms with Crippen LogP contribution < -0.4 is 10.9 Å². The van der Waals surface area contributed by atoms with Crippen LogP contribution in [0.2, 0.25) is 10.0 Å². The minimum Gasteiger partial charge on any atom is -0.324 e. The van der Waals surface area contributed by atoms with E-state index in [0.29, 0.717) is 16.8 Å². The van der Waals surface area contributed by atoms with Crippen molar-refractivity contribution in [1.29, 1.82) is 0 Å². The summed E-state index contributed by atoms with van der Waals surface area (Å²) in [6.45, 7) is -0.812. The lowest BCUT2D eigenvalue weighted by molar-refractivity contribution is -0.143. The van der Waals surface area contributed by atoms with Gasteiger partial charge in [0.05, 0.1) is 22.3 Å². The van der Waals surface area contributed by atoms with Crippen molar-refractivity contribution >= 4 is 34.8 Å². The van der Waals surface area contributed by atoms with Gasteiger partial charge in [0, 0.05) is 5.69 Å². The number of anilines is 1. The second-order valence-corrected chi connectivity index (χ2v) is 5.90. The molecule has 13 heteroatoms. The van der Waals surface area contributed by atoms with Gasteiger partial charge in [0.2, 0.25) is 5.91 Å². The molecule has 0 aliphatic heterocycles. The molecular weight excluding hydrogens is 427 g/mol. The molecular formula is C14H7Cl2F6N3O2. The summed E-state index contributed by atoms with van der Waals surface area (Å²) in [7, 11) is 0. The van der Waals surface area contributed by atoms with E-state index in [-0.39, 0.29) is 11.1 Å². The fraction of sp³-hybridized carbons (Fsp3) is 0.214. The van der Waals surface area contributed by atoms with Crippen LogP contribution in [0.3, 0.4) is 0 Å². The molecule has 0 spiro atoms. The third kappa shape index (κ3) is 5.13. The molecule has 2 aromatic rings. The minimum absolute atomic E-state index is 0.0827. The molecule has 1 N–H and O–H groups in total. The Morgan fingerprint density at radius 3 is 2.04 bits per heavy atom. The van der Waals surface area contributed by atoms with E-state index in [1.54, 1.807) is 0 Å². The lowest BCUT2D eigenvalue weighted by Gasteiger charge is -2.15. The van der Waals surface area contributed by atoms with Crippen molar-refractivity contribution in [3.05, 3.63) is 55.9 Å². The number of hydrogen-bond acceptors (Lipinski definition) is 3. The van der Waals surface area contributed by atoms with Crippen LogP contribution in [0.4, 0.5) is 32.0 Å². The van der Waals surface area contributed by atoms with Crippen LogP contribution in [0.5, 0.6) is 0 Å². The number of nitrogens with zero attached hydrogens (tertiary/aromatic N) is 2. The standard InChI is InChI=1S/C14H7Cl2F6N3O2/c15-9-4-23-25(12(27)11(9)16)5-10(26)24-8-2-6(13(17,18)19)1-7(3-8)14(20,21)22/h1-4H,5H2,(H,24,26). The number of carbonyl (C=O) groups excluding carboxylic acids is 1. The predicted octanol–water partition coefficient (Wildman–Crippen LogP) is 4.23. The lowest BCUT2D eigenvalue weighted by Crippen LogP contribution is -2.30. The molecule has 1 heterocycles. The molecule has 1 aromatic carbocycles. The van der Waals surface area contributed by atoms with Gasteiger partial charge in [-0.05, 0) is 18.2 Å². The van der Waals surface area contributed by atoms with E-state index in [1.165, 1.54) is 0 Å². The molecule has 1 amide bonds. The lowest BCUT2D eigenvalue weighted by atomic mass is 10.1. The fourth-order valence-electron chi connectivity index (χ4n) is 1.92. The minimum atomic E-state index is -5.07. The van der Waals surface area contributed by atoms with Crippen molar-refractivity contribution in [3.63, 3.8) is 0 Å². The van der Waals surface area contributed by atoms with Gasteiger partial charge in [-0.1, -0.05) is 23.2 Å². The zero-order valence-electron chi connectivity index (χ0n) is 12.8. The van der Waals surface area contributed by atoms with Crippen molar-refractivity contribution in [2.75, 3.05) is 5.32 Å². The molecule has 0 radical (unpaired) electrons. The highest BCUT2D eigenvalue weighted by Gasteiger charge is 2.37. The molecule has 146 valence electrons. The smallest absolute Gasteiger partial charge is 0.324 e. The van der Waals surface area contributed by atoms with Gasteiger partial charge in [0.25, 0.3) is 5.56 Å². The number of carbonyl (C=O) groups is 1. The maximum absolute atomic E-state index is 12.8. The summed E-state index contributed by atoms with van der Waals surface area (Å²) in [4.78, 5) is 23.7. The Bertz CT molecular complexity index is 908. The van der Waals surface area contributed by atoms with E-state index < -0.39 is 52.2 Å². The monoisotopic (exact) mass is 433 g/mol. The number of benzene rings is 1. The topological polar surface area (TPSA) is 64.0 Å². The van der Waals surface area contributed by atoms with Crippen molar-refractivity contribution in [2.24, 2.45) is 0 Å². The molecule has 0 bridgehead atoms. The first-order valence-electron chi connectivity index (χ1n) is 6.79. The fourth-order valence-corrected chi connectivity index (χ4v) is 2.19. The molecule has 5 nitrogen and oxygen atoms in total. The van der Waals surface area contributed by atoms with Gasteiger partial charge in [-0.3, -0.25) is 9.59 Å². The van der Waals surface area contributed by atoms with Gasteiger partial charge < -0.3 is 5.32 Å². The molecule has 0 atom stereocenters. The first-order chi connectivity index (χ1) is 12.3. The maximum atomic E-state index is 12.8. The average Bonchev–Trinajstić information content (AvgIpc) is 2.53. The van der Waals surface area contributed by atoms with Crippen molar-refractivity contribution < 1.29 is 31.1 Å². The summed E-state index contributed by atoms with van der Waals surface area (Å²) >= 11 is 11.1. The second-order valence-electron chi connectivity index (χ2n) is 5.11. The van der Waals surface area contributed by atoms with Crippen LogP contribution in [0.15, 0.2) is 29.2 Å². The van der Waals surface area contributed by atoms with Gasteiger partial charge in [0.1, 0.15) is 11.6 Å². The van der Waals surface area contributed by atoms with Gasteiger partial charge in [-0.25, -0.2) is 4.68 Å². The number of aromatic nitrogens is 2. The van der Waals surface area contributed by atoms with E-state index in [9.17, 15) is 35.9 Å². The number of rotatable bonds is 3. The van der Waals surface area contributed by atoms with Crippen LogP contribution in [-0.2, 0) is 23.7 Å². The number of halogens is 8. The SMILES string of the molecule is O=C(Cn1ncc(Cl)c(Cl)c1=O)Nc1cc(C(F)(F)F)cc(C(F)(F)F)c1. The van der Waals surface area contributed by atoms with Crippen LogP contribution in [0.25, 0.3) is 0 Å². The zero-order chi connectivity index (χ0) is 20.6. The Labute approximate surface area is 156 Å². The Balaban J connectivity index is 2.32. The number of nitrogens with one attached hydrogen (secondary N) is 1. The summed E-state index contributed by atoms with van der Waals surface area (Å²) in [6, 6.07) is 0.580. The van der Waals surface area contributed by atoms with Crippen molar-refractivity contribution in [2.45, 2.75) is 18.9 Å². The van der Waals surface area contributed by atoms with Gasteiger partial charge >= 0.3 is 12.4 Å². The Morgan fingerprint density at radius 1 is 1.04 bits per heavy atom. The predicted molar refractivity (Wildman–Crippen MR) is 83.6 cm³/mol. The number of hydrogen-bond donors (Lipinski definition) is 1.